The zero-order chi connectivity index (χ0) is 17.1. The minimum absolute atomic E-state index is 0.257. The predicted octanol–water partition coefficient (Wildman–Crippen LogP) is 2.81. The van der Waals surface area contributed by atoms with Crippen molar-refractivity contribution in [1.29, 1.82) is 0 Å². The van der Waals surface area contributed by atoms with Crippen LogP contribution in [0.1, 0.15) is 12.7 Å². The van der Waals surface area contributed by atoms with Crippen LogP contribution in [0.2, 0.25) is 0 Å². The lowest BCUT2D eigenvalue weighted by Crippen LogP contribution is -2.10. The number of hydrogen-bond acceptors (Lipinski definition) is 7. The molecule has 0 aliphatic heterocycles. The number of aromatic nitrogens is 5. The van der Waals surface area contributed by atoms with E-state index < -0.39 is 0 Å². The van der Waals surface area contributed by atoms with E-state index in [4.69, 9.17) is 9.15 Å². The first kappa shape index (κ1) is 15.1. The van der Waals surface area contributed by atoms with Crippen LogP contribution < -0.4 is 10.1 Å². The fraction of sp³-hybridized carbons (Fsp3) is 0.176. The summed E-state index contributed by atoms with van der Waals surface area (Å²) in [5, 5.41) is 3.13. The smallest absolute Gasteiger partial charge is 0.323 e. The van der Waals surface area contributed by atoms with Gasteiger partial charge in [-0.15, -0.1) is 0 Å². The molecule has 8 heteroatoms. The van der Waals surface area contributed by atoms with Crippen molar-refractivity contribution in [1.82, 2.24) is 24.5 Å². The highest BCUT2D eigenvalue weighted by molar-refractivity contribution is 5.76. The minimum Gasteiger partial charge on any atom is -0.467 e. The Morgan fingerprint density at radius 1 is 1.12 bits per heavy atom. The van der Waals surface area contributed by atoms with Gasteiger partial charge in [-0.05, 0) is 31.2 Å². The van der Waals surface area contributed by atoms with Crippen LogP contribution in [0.4, 0.5) is 5.95 Å². The van der Waals surface area contributed by atoms with Crippen LogP contribution in [-0.4, -0.2) is 31.1 Å². The van der Waals surface area contributed by atoms with Gasteiger partial charge in [0, 0.05) is 0 Å². The topological polar surface area (TPSA) is 90.9 Å². The molecule has 0 saturated heterocycles. The number of fused-ring (bicyclic) bond motifs is 1. The predicted molar refractivity (Wildman–Crippen MR) is 91.7 cm³/mol. The lowest BCUT2D eigenvalue weighted by molar-refractivity contribution is 0.311. The maximum atomic E-state index is 5.47. The molecule has 0 radical (unpaired) electrons. The number of nitrogens with zero attached hydrogens (tertiary/aromatic N) is 5. The molecule has 8 nitrogen and oxygen atoms in total. The van der Waals surface area contributed by atoms with Crippen molar-refractivity contribution >= 4 is 17.0 Å². The quantitative estimate of drug-likeness (QED) is 0.579. The molecule has 1 aromatic carbocycles. The van der Waals surface area contributed by atoms with Gasteiger partial charge in [-0.2, -0.15) is 15.0 Å². The van der Waals surface area contributed by atoms with Gasteiger partial charge >= 0.3 is 6.01 Å². The summed E-state index contributed by atoms with van der Waals surface area (Å²) in [5.41, 5.74) is 1.78. The lowest BCUT2D eigenvalue weighted by atomic mass is 10.3. The molecular formula is C17H16N6O2. The number of furan rings is 1. The summed E-state index contributed by atoms with van der Waals surface area (Å²) in [4.78, 5) is 17.5. The van der Waals surface area contributed by atoms with Gasteiger partial charge in [0.25, 0.3) is 0 Å². The third kappa shape index (κ3) is 3.14. The lowest BCUT2D eigenvalue weighted by Gasteiger charge is -2.09. The molecule has 3 heterocycles. The van der Waals surface area contributed by atoms with Crippen molar-refractivity contribution in [3.63, 3.8) is 0 Å². The second kappa shape index (κ2) is 6.60. The van der Waals surface area contributed by atoms with Crippen molar-refractivity contribution in [2.75, 3.05) is 11.9 Å². The van der Waals surface area contributed by atoms with E-state index in [2.05, 4.69) is 25.3 Å². The van der Waals surface area contributed by atoms with E-state index in [0.717, 1.165) is 16.8 Å². The molecule has 0 amide bonds. The molecule has 0 aliphatic carbocycles. The van der Waals surface area contributed by atoms with Gasteiger partial charge in [0.1, 0.15) is 12.1 Å². The molecule has 0 saturated carbocycles. The number of benzene rings is 1. The molecule has 0 aliphatic rings. The molecule has 1 N–H and O–H groups in total. The number of nitrogens with one attached hydrogen (secondary N) is 1. The first-order valence-electron chi connectivity index (χ1n) is 7.91. The number of imidazole rings is 1. The summed E-state index contributed by atoms with van der Waals surface area (Å²) in [6, 6.07) is 11.7. The third-order valence-corrected chi connectivity index (χ3v) is 3.55. The molecule has 126 valence electrons. The first-order chi connectivity index (χ1) is 12.3. The molecule has 4 rings (SSSR count). The average molecular weight is 336 g/mol. The summed E-state index contributed by atoms with van der Waals surface area (Å²) in [7, 11) is 0. The van der Waals surface area contributed by atoms with Gasteiger partial charge in [-0.25, -0.2) is 4.98 Å². The Morgan fingerprint density at radius 3 is 2.88 bits per heavy atom. The molecule has 0 unspecified atom stereocenters. The number of anilines is 1. The van der Waals surface area contributed by atoms with E-state index in [-0.39, 0.29) is 6.01 Å². The van der Waals surface area contributed by atoms with Crippen LogP contribution in [-0.2, 0) is 6.54 Å². The van der Waals surface area contributed by atoms with Crippen LogP contribution in [0, 0.1) is 0 Å². The summed E-state index contributed by atoms with van der Waals surface area (Å²) in [6.07, 6.45) is 3.31. The van der Waals surface area contributed by atoms with E-state index >= 15 is 0 Å². The Morgan fingerprint density at radius 2 is 2.04 bits per heavy atom. The second-order valence-corrected chi connectivity index (χ2v) is 5.21. The van der Waals surface area contributed by atoms with Crippen molar-refractivity contribution in [2.45, 2.75) is 13.5 Å². The maximum absolute atomic E-state index is 5.47. The van der Waals surface area contributed by atoms with E-state index in [1.165, 1.54) is 0 Å². The van der Waals surface area contributed by atoms with Gasteiger partial charge in [0.05, 0.1) is 30.4 Å². The van der Waals surface area contributed by atoms with Gasteiger partial charge in [0.2, 0.25) is 11.9 Å². The molecule has 25 heavy (non-hydrogen) atoms. The van der Waals surface area contributed by atoms with Gasteiger partial charge in [0.15, 0.2) is 0 Å². The fourth-order valence-electron chi connectivity index (χ4n) is 2.42. The molecule has 0 spiro atoms. The summed E-state index contributed by atoms with van der Waals surface area (Å²) in [5.74, 6) is 1.63. The van der Waals surface area contributed by atoms with Crippen molar-refractivity contribution in [3.8, 4) is 12.0 Å². The van der Waals surface area contributed by atoms with Crippen molar-refractivity contribution in [3.05, 3.63) is 54.7 Å². The Balaban J connectivity index is 1.71. The number of para-hydroxylation sites is 2. The number of hydrogen-bond donors (Lipinski definition) is 1. The Labute approximate surface area is 143 Å². The van der Waals surface area contributed by atoms with Gasteiger partial charge < -0.3 is 14.5 Å². The van der Waals surface area contributed by atoms with Crippen LogP contribution >= 0.6 is 0 Å². The second-order valence-electron chi connectivity index (χ2n) is 5.21. The molecule has 0 fully saturated rings. The zero-order valence-corrected chi connectivity index (χ0v) is 13.6. The Bertz CT molecular complexity index is 980. The summed E-state index contributed by atoms with van der Waals surface area (Å²) < 4.78 is 12.6. The molecule has 0 bridgehead atoms. The van der Waals surface area contributed by atoms with E-state index in [9.17, 15) is 0 Å². The first-order valence-corrected chi connectivity index (χ1v) is 7.91. The molecule has 4 aromatic rings. The van der Waals surface area contributed by atoms with Crippen LogP contribution in [0.15, 0.2) is 53.4 Å². The summed E-state index contributed by atoms with van der Waals surface area (Å²) in [6.45, 7) is 2.81. The molecule has 0 atom stereocenters. The maximum Gasteiger partial charge on any atom is 0.323 e. The number of ether oxygens (including phenoxy) is 1. The van der Waals surface area contributed by atoms with Crippen LogP contribution in [0.5, 0.6) is 6.01 Å². The van der Waals surface area contributed by atoms with Crippen LogP contribution in [0.3, 0.4) is 0 Å². The van der Waals surface area contributed by atoms with Crippen LogP contribution in [0.25, 0.3) is 17.0 Å². The molecule has 3 aromatic heterocycles. The average Bonchev–Trinajstić information content (AvgIpc) is 3.30. The largest absolute Gasteiger partial charge is 0.467 e. The highest BCUT2D eigenvalue weighted by Gasteiger charge is 2.12. The Kier molecular flexibility index (Phi) is 3.99. The zero-order valence-electron chi connectivity index (χ0n) is 13.6. The SMILES string of the molecule is CCOc1nc(NCc2ccco2)nc(-n2cnc3ccccc32)n1. The fourth-order valence-corrected chi connectivity index (χ4v) is 2.42. The van der Waals surface area contributed by atoms with Gasteiger partial charge in [-0.3, -0.25) is 4.57 Å². The highest BCUT2D eigenvalue weighted by Crippen LogP contribution is 2.18. The van der Waals surface area contributed by atoms with E-state index in [0.29, 0.717) is 25.0 Å². The normalized spacial score (nSPS) is 10.9. The van der Waals surface area contributed by atoms with E-state index in [1.807, 2.05) is 43.3 Å². The third-order valence-electron chi connectivity index (χ3n) is 3.55. The molecular weight excluding hydrogens is 320 g/mol. The monoisotopic (exact) mass is 336 g/mol. The Hall–Kier alpha value is -3.42. The summed E-state index contributed by atoms with van der Waals surface area (Å²) >= 11 is 0. The van der Waals surface area contributed by atoms with Crippen molar-refractivity contribution in [2.24, 2.45) is 0 Å². The van der Waals surface area contributed by atoms with Gasteiger partial charge in [-0.1, -0.05) is 12.1 Å². The van der Waals surface area contributed by atoms with E-state index in [1.54, 1.807) is 17.2 Å². The number of rotatable bonds is 6. The van der Waals surface area contributed by atoms with Crippen molar-refractivity contribution < 1.29 is 9.15 Å². The minimum atomic E-state index is 0.257. The highest BCUT2D eigenvalue weighted by atomic mass is 16.5. The standard InChI is InChI=1S/C17H16N6O2/c1-2-24-17-21-15(18-10-12-6-5-9-25-12)20-16(22-17)23-11-19-13-7-3-4-8-14(13)23/h3-9,11H,2,10H2,1H3,(H,18,20,21,22).